The smallest absolute Gasteiger partial charge is 0.146 e. The predicted octanol–water partition coefficient (Wildman–Crippen LogP) is 4.51. The summed E-state index contributed by atoms with van der Waals surface area (Å²) in [7, 11) is 1.63. The quantitative estimate of drug-likeness (QED) is 0.533. The van der Waals surface area contributed by atoms with E-state index in [0.717, 1.165) is 39.1 Å². The highest BCUT2D eigenvalue weighted by Gasteiger charge is 2.16. The standard InChI is InChI=1S/C19H15FN4OS/c1-12-18(22-23-24(12)15-7-9-16(25-2)10-8-15)19-21-17(11-26-19)13-3-5-14(20)6-4-13/h3-11H,1-2H3. The van der Waals surface area contributed by atoms with Crippen LogP contribution in [0.4, 0.5) is 4.39 Å². The third-order valence-corrected chi connectivity index (χ3v) is 4.91. The number of aromatic nitrogens is 4. The minimum absolute atomic E-state index is 0.262. The van der Waals surface area contributed by atoms with Crippen LogP contribution in [0.3, 0.4) is 0 Å². The van der Waals surface area contributed by atoms with Crippen LogP contribution < -0.4 is 4.74 Å². The molecule has 0 radical (unpaired) electrons. The van der Waals surface area contributed by atoms with Gasteiger partial charge in [0, 0.05) is 10.9 Å². The van der Waals surface area contributed by atoms with Gasteiger partial charge in [-0.1, -0.05) is 5.21 Å². The molecule has 0 saturated heterocycles. The molecule has 0 bridgehead atoms. The molecule has 2 aromatic heterocycles. The lowest BCUT2D eigenvalue weighted by atomic mass is 10.2. The second-order valence-electron chi connectivity index (χ2n) is 5.68. The predicted molar refractivity (Wildman–Crippen MR) is 99.2 cm³/mol. The Labute approximate surface area is 153 Å². The lowest BCUT2D eigenvalue weighted by molar-refractivity contribution is 0.414. The van der Waals surface area contributed by atoms with Gasteiger partial charge in [0.05, 0.1) is 24.2 Å². The first-order valence-corrected chi connectivity index (χ1v) is 8.82. The highest BCUT2D eigenvalue weighted by atomic mass is 32.1. The fourth-order valence-corrected chi connectivity index (χ4v) is 3.49. The molecule has 26 heavy (non-hydrogen) atoms. The monoisotopic (exact) mass is 366 g/mol. The van der Waals surface area contributed by atoms with Gasteiger partial charge in [0.25, 0.3) is 0 Å². The van der Waals surface area contributed by atoms with E-state index in [1.807, 2.05) is 36.6 Å². The van der Waals surface area contributed by atoms with Crippen molar-refractivity contribution in [3.63, 3.8) is 0 Å². The molecule has 0 aliphatic carbocycles. The number of ether oxygens (including phenoxy) is 1. The Kier molecular flexibility index (Phi) is 4.22. The second kappa shape index (κ2) is 6.68. The maximum atomic E-state index is 13.1. The number of methoxy groups -OCH3 is 1. The van der Waals surface area contributed by atoms with Gasteiger partial charge < -0.3 is 4.74 Å². The van der Waals surface area contributed by atoms with E-state index in [4.69, 9.17) is 4.74 Å². The zero-order chi connectivity index (χ0) is 18.1. The van der Waals surface area contributed by atoms with E-state index in [1.165, 1.54) is 23.5 Å². The maximum Gasteiger partial charge on any atom is 0.146 e. The van der Waals surface area contributed by atoms with Crippen molar-refractivity contribution in [2.45, 2.75) is 6.92 Å². The molecule has 0 unspecified atom stereocenters. The third-order valence-electron chi connectivity index (χ3n) is 4.06. The summed E-state index contributed by atoms with van der Waals surface area (Å²) >= 11 is 1.49. The Bertz CT molecular complexity index is 1040. The van der Waals surface area contributed by atoms with E-state index in [0.29, 0.717) is 0 Å². The molecule has 0 fully saturated rings. The zero-order valence-corrected chi connectivity index (χ0v) is 15.0. The van der Waals surface area contributed by atoms with E-state index < -0.39 is 0 Å². The van der Waals surface area contributed by atoms with E-state index in [9.17, 15) is 4.39 Å². The van der Waals surface area contributed by atoms with Crippen molar-refractivity contribution < 1.29 is 9.13 Å². The summed E-state index contributed by atoms with van der Waals surface area (Å²) < 4.78 is 20.0. The number of thiazole rings is 1. The van der Waals surface area contributed by atoms with Crippen molar-refractivity contribution in [1.82, 2.24) is 20.0 Å². The number of rotatable bonds is 4. The van der Waals surface area contributed by atoms with Crippen LogP contribution in [-0.4, -0.2) is 27.1 Å². The van der Waals surface area contributed by atoms with Crippen LogP contribution in [-0.2, 0) is 0 Å². The molecular formula is C19H15FN4OS. The molecule has 0 amide bonds. The minimum Gasteiger partial charge on any atom is -0.497 e. The average Bonchev–Trinajstić information content (AvgIpc) is 3.29. The Morgan fingerprint density at radius 2 is 1.77 bits per heavy atom. The van der Waals surface area contributed by atoms with Crippen LogP contribution >= 0.6 is 11.3 Å². The van der Waals surface area contributed by atoms with Gasteiger partial charge in [0.15, 0.2) is 0 Å². The number of benzene rings is 2. The minimum atomic E-state index is -0.262. The van der Waals surface area contributed by atoms with Crippen LogP contribution in [0.5, 0.6) is 5.75 Å². The van der Waals surface area contributed by atoms with E-state index >= 15 is 0 Å². The van der Waals surface area contributed by atoms with Crippen LogP contribution in [0.1, 0.15) is 5.69 Å². The van der Waals surface area contributed by atoms with Gasteiger partial charge in [-0.05, 0) is 55.5 Å². The molecule has 0 atom stereocenters. The average molecular weight is 366 g/mol. The number of hydrogen-bond donors (Lipinski definition) is 0. The summed E-state index contributed by atoms with van der Waals surface area (Å²) in [6.07, 6.45) is 0. The summed E-state index contributed by atoms with van der Waals surface area (Å²) in [6.45, 7) is 1.96. The molecule has 4 rings (SSSR count). The van der Waals surface area contributed by atoms with Gasteiger partial charge in [0.1, 0.15) is 22.3 Å². The fraction of sp³-hybridized carbons (Fsp3) is 0.105. The first-order chi connectivity index (χ1) is 12.7. The van der Waals surface area contributed by atoms with Gasteiger partial charge in [-0.25, -0.2) is 14.1 Å². The third kappa shape index (κ3) is 2.97. The largest absolute Gasteiger partial charge is 0.497 e. The Morgan fingerprint density at radius 1 is 1.04 bits per heavy atom. The van der Waals surface area contributed by atoms with Gasteiger partial charge in [-0.2, -0.15) is 0 Å². The van der Waals surface area contributed by atoms with E-state index in [-0.39, 0.29) is 5.82 Å². The number of nitrogens with zero attached hydrogens (tertiary/aromatic N) is 4. The van der Waals surface area contributed by atoms with Gasteiger partial charge in [0.2, 0.25) is 0 Å². The molecule has 0 saturated carbocycles. The van der Waals surface area contributed by atoms with Crippen molar-refractivity contribution in [3.8, 4) is 33.4 Å². The zero-order valence-electron chi connectivity index (χ0n) is 14.2. The van der Waals surface area contributed by atoms with Crippen molar-refractivity contribution in [3.05, 3.63) is 65.4 Å². The second-order valence-corrected chi connectivity index (χ2v) is 6.54. The summed E-state index contributed by atoms with van der Waals surface area (Å²) in [5.41, 5.74) is 4.20. The lowest BCUT2D eigenvalue weighted by Crippen LogP contribution is -1.99. The number of hydrogen-bond acceptors (Lipinski definition) is 5. The Hall–Kier alpha value is -3.06. The summed E-state index contributed by atoms with van der Waals surface area (Å²) in [5, 5.41) is 11.3. The van der Waals surface area contributed by atoms with Crippen molar-refractivity contribution in [2.24, 2.45) is 0 Å². The van der Waals surface area contributed by atoms with Crippen LogP contribution in [0.15, 0.2) is 53.9 Å². The Morgan fingerprint density at radius 3 is 2.46 bits per heavy atom. The molecule has 0 aliphatic rings. The highest BCUT2D eigenvalue weighted by molar-refractivity contribution is 7.13. The normalized spacial score (nSPS) is 10.9. The SMILES string of the molecule is COc1ccc(-n2nnc(-c3nc(-c4ccc(F)cc4)cs3)c2C)cc1. The fourth-order valence-electron chi connectivity index (χ4n) is 2.63. The van der Waals surface area contributed by atoms with Crippen LogP contribution in [0.2, 0.25) is 0 Å². The Balaban J connectivity index is 1.67. The maximum absolute atomic E-state index is 13.1. The van der Waals surface area contributed by atoms with Crippen molar-refractivity contribution in [2.75, 3.05) is 7.11 Å². The molecule has 7 heteroatoms. The van der Waals surface area contributed by atoms with Crippen molar-refractivity contribution >= 4 is 11.3 Å². The molecular weight excluding hydrogens is 351 g/mol. The molecule has 2 heterocycles. The number of halogens is 1. The van der Waals surface area contributed by atoms with Crippen LogP contribution in [0.25, 0.3) is 27.6 Å². The first kappa shape index (κ1) is 16.4. The lowest BCUT2D eigenvalue weighted by Gasteiger charge is -2.04. The van der Waals surface area contributed by atoms with E-state index in [2.05, 4.69) is 15.3 Å². The van der Waals surface area contributed by atoms with Gasteiger partial charge in [-0.15, -0.1) is 16.4 Å². The molecule has 4 aromatic rings. The molecule has 0 N–H and O–H groups in total. The molecule has 2 aromatic carbocycles. The molecule has 130 valence electrons. The van der Waals surface area contributed by atoms with Crippen molar-refractivity contribution in [1.29, 1.82) is 0 Å². The van der Waals surface area contributed by atoms with E-state index in [1.54, 1.807) is 23.9 Å². The highest BCUT2D eigenvalue weighted by Crippen LogP contribution is 2.30. The van der Waals surface area contributed by atoms with Crippen LogP contribution in [0, 0.1) is 12.7 Å². The van der Waals surface area contributed by atoms with Gasteiger partial charge in [-0.3, -0.25) is 0 Å². The summed E-state index contributed by atoms with van der Waals surface area (Å²) in [4.78, 5) is 4.64. The summed E-state index contributed by atoms with van der Waals surface area (Å²) in [5.74, 6) is 0.526. The van der Waals surface area contributed by atoms with Gasteiger partial charge >= 0.3 is 0 Å². The molecule has 5 nitrogen and oxygen atoms in total. The molecule has 0 spiro atoms. The summed E-state index contributed by atoms with van der Waals surface area (Å²) in [6, 6.07) is 13.9. The molecule has 0 aliphatic heterocycles. The topological polar surface area (TPSA) is 52.8 Å². The first-order valence-electron chi connectivity index (χ1n) is 7.94.